The number of nitriles is 1. The van der Waals surface area contributed by atoms with Crippen molar-refractivity contribution in [2.24, 2.45) is 0 Å². The van der Waals surface area contributed by atoms with Crippen LogP contribution in [0, 0.1) is 18.3 Å². The van der Waals surface area contributed by atoms with Gasteiger partial charge in [-0.05, 0) is 55.3 Å². The van der Waals surface area contributed by atoms with Crippen LogP contribution in [0.2, 0.25) is 0 Å². The van der Waals surface area contributed by atoms with Crippen LogP contribution in [0.25, 0.3) is 22.4 Å². The molecule has 3 aromatic rings. The molecule has 0 saturated heterocycles. The molecule has 0 amide bonds. The number of nitrogens with one attached hydrogen (secondary N) is 1. The predicted molar refractivity (Wildman–Crippen MR) is 98.6 cm³/mol. The zero-order chi connectivity index (χ0) is 17.8. The molecule has 2 aromatic carbocycles. The number of benzene rings is 2. The van der Waals surface area contributed by atoms with Crippen LogP contribution in [0.3, 0.4) is 0 Å². The highest BCUT2D eigenvalue weighted by Gasteiger charge is 2.12. The van der Waals surface area contributed by atoms with E-state index in [9.17, 15) is 10.1 Å². The normalized spacial score (nSPS) is 10.3. The van der Waals surface area contributed by atoms with Crippen LogP contribution in [0.15, 0.2) is 59.4 Å². The summed E-state index contributed by atoms with van der Waals surface area (Å²) in [4.78, 5) is 15.2. The third-order valence-electron chi connectivity index (χ3n) is 3.95. The van der Waals surface area contributed by atoms with Gasteiger partial charge in [0.25, 0.3) is 5.56 Å². The van der Waals surface area contributed by atoms with Gasteiger partial charge in [-0.1, -0.05) is 29.8 Å². The van der Waals surface area contributed by atoms with E-state index in [1.165, 1.54) is 0 Å². The van der Waals surface area contributed by atoms with Crippen LogP contribution >= 0.6 is 0 Å². The van der Waals surface area contributed by atoms with Gasteiger partial charge in [-0.25, -0.2) is 0 Å². The Kier molecular flexibility index (Phi) is 4.67. The van der Waals surface area contributed by atoms with E-state index in [0.717, 1.165) is 22.4 Å². The van der Waals surface area contributed by atoms with Gasteiger partial charge < -0.3 is 9.72 Å². The quantitative estimate of drug-likeness (QED) is 0.776. The highest BCUT2D eigenvalue weighted by Crippen LogP contribution is 2.27. The molecule has 0 aliphatic rings. The van der Waals surface area contributed by atoms with E-state index in [2.05, 4.69) is 4.98 Å². The maximum absolute atomic E-state index is 12.4. The second-order valence-electron chi connectivity index (χ2n) is 5.74. The molecule has 1 heterocycles. The smallest absolute Gasteiger partial charge is 0.266 e. The van der Waals surface area contributed by atoms with Crippen molar-refractivity contribution in [3.8, 4) is 34.2 Å². The summed E-state index contributed by atoms with van der Waals surface area (Å²) in [6.07, 6.45) is 0. The van der Waals surface area contributed by atoms with Crippen molar-refractivity contribution >= 4 is 0 Å². The zero-order valence-electron chi connectivity index (χ0n) is 14.2. The molecular formula is C21H18N2O2. The largest absolute Gasteiger partial charge is 0.494 e. The Labute approximate surface area is 146 Å². The summed E-state index contributed by atoms with van der Waals surface area (Å²) < 4.78 is 5.45. The lowest BCUT2D eigenvalue weighted by atomic mass is 9.98. The molecule has 0 unspecified atom stereocenters. The van der Waals surface area contributed by atoms with Gasteiger partial charge in [0.05, 0.1) is 6.61 Å². The topological polar surface area (TPSA) is 65.9 Å². The fraction of sp³-hybridized carbons (Fsp3) is 0.143. The van der Waals surface area contributed by atoms with Crippen molar-refractivity contribution in [2.45, 2.75) is 13.8 Å². The number of aromatic nitrogens is 1. The van der Waals surface area contributed by atoms with Gasteiger partial charge in [0, 0.05) is 11.3 Å². The molecule has 4 nitrogen and oxygen atoms in total. The zero-order valence-corrected chi connectivity index (χ0v) is 14.2. The number of aromatic amines is 1. The van der Waals surface area contributed by atoms with E-state index in [0.29, 0.717) is 17.9 Å². The lowest BCUT2D eigenvalue weighted by molar-refractivity contribution is 0.340. The SMILES string of the molecule is CCOc1ccc(-c2cc(-c3cccc(C)c3)c(C#N)c(=O)[nH]2)cc1. The summed E-state index contributed by atoms with van der Waals surface area (Å²) in [7, 11) is 0. The van der Waals surface area contributed by atoms with E-state index < -0.39 is 0 Å². The van der Waals surface area contributed by atoms with Crippen molar-refractivity contribution in [3.05, 3.63) is 76.1 Å². The maximum Gasteiger partial charge on any atom is 0.266 e. The van der Waals surface area contributed by atoms with Crippen molar-refractivity contribution in [2.75, 3.05) is 6.61 Å². The Hall–Kier alpha value is -3.32. The van der Waals surface area contributed by atoms with E-state index >= 15 is 0 Å². The summed E-state index contributed by atoms with van der Waals surface area (Å²) in [5, 5.41) is 9.40. The number of hydrogen-bond acceptors (Lipinski definition) is 3. The molecule has 1 aromatic heterocycles. The molecule has 0 fully saturated rings. The summed E-state index contributed by atoms with van der Waals surface area (Å²) in [5.74, 6) is 0.779. The van der Waals surface area contributed by atoms with Crippen LogP contribution in [-0.2, 0) is 0 Å². The second-order valence-corrected chi connectivity index (χ2v) is 5.74. The number of nitrogens with zero attached hydrogens (tertiary/aromatic N) is 1. The Morgan fingerprint density at radius 3 is 2.48 bits per heavy atom. The molecule has 0 spiro atoms. The number of pyridine rings is 1. The Morgan fingerprint density at radius 2 is 1.84 bits per heavy atom. The average Bonchev–Trinajstić information content (AvgIpc) is 2.62. The molecule has 124 valence electrons. The van der Waals surface area contributed by atoms with Crippen LogP contribution in [0.4, 0.5) is 0 Å². The molecule has 0 aliphatic carbocycles. The van der Waals surface area contributed by atoms with E-state index in [-0.39, 0.29) is 11.1 Å². The Balaban J connectivity index is 2.14. The molecule has 0 bridgehead atoms. The number of hydrogen-bond donors (Lipinski definition) is 1. The van der Waals surface area contributed by atoms with Gasteiger partial charge >= 0.3 is 0 Å². The van der Waals surface area contributed by atoms with Crippen molar-refractivity contribution in [3.63, 3.8) is 0 Å². The van der Waals surface area contributed by atoms with Gasteiger partial charge in [0.1, 0.15) is 17.4 Å². The number of aryl methyl sites for hydroxylation is 1. The van der Waals surface area contributed by atoms with Crippen LogP contribution in [0.5, 0.6) is 5.75 Å². The van der Waals surface area contributed by atoms with Gasteiger partial charge in [-0.15, -0.1) is 0 Å². The monoisotopic (exact) mass is 330 g/mol. The highest BCUT2D eigenvalue weighted by atomic mass is 16.5. The van der Waals surface area contributed by atoms with Gasteiger partial charge in [0.2, 0.25) is 0 Å². The fourth-order valence-electron chi connectivity index (χ4n) is 2.76. The summed E-state index contributed by atoms with van der Waals surface area (Å²) in [6.45, 7) is 4.51. The third kappa shape index (κ3) is 3.46. The minimum Gasteiger partial charge on any atom is -0.494 e. The first kappa shape index (κ1) is 16.5. The van der Waals surface area contributed by atoms with Gasteiger partial charge in [0.15, 0.2) is 0 Å². The molecule has 3 rings (SSSR count). The standard InChI is InChI=1S/C21H18N2O2/c1-3-25-17-9-7-15(8-10-17)20-12-18(19(13-22)21(24)23-20)16-6-4-5-14(2)11-16/h4-12H,3H2,1-2H3,(H,23,24). The molecule has 0 radical (unpaired) electrons. The molecule has 25 heavy (non-hydrogen) atoms. The van der Waals surface area contributed by atoms with Crippen molar-refractivity contribution in [1.82, 2.24) is 4.98 Å². The van der Waals surface area contributed by atoms with E-state index in [4.69, 9.17) is 4.74 Å². The van der Waals surface area contributed by atoms with E-state index in [1.807, 2.05) is 74.5 Å². The lowest BCUT2D eigenvalue weighted by Crippen LogP contribution is -2.12. The van der Waals surface area contributed by atoms with Crippen LogP contribution in [-0.4, -0.2) is 11.6 Å². The summed E-state index contributed by atoms with van der Waals surface area (Å²) >= 11 is 0. The Bertz CT molecular complexity index is 996. The summed E-state index contributed by atoms with van der Waals surface area (Å²) in [6, 6.07) is 19.2. The number of rotatable bonds is 4. The highest BCUT2D eigenvalue weighted by molar-refractivity contribution is 5.75. The first-order chi connectivity index (χ1) is 12.1. The van der Waals surface area contributed by atoms with Crippen LogP contribution in [0.1, 0.15) is 18.1 Å². The minimum atomic E-state index is -0.384. The third-order valence-corrected chi connectivity index (χ3v) is 3.95. The minimum absolute atomic E-state index is 0.125. The fourth-order valence-corrected chi connectivity index (χ4v) is 2.76. The van der Waals surface area contributed by atoms with Crippen molar-refractivity contribution in [1.29, 1.82) is 5.26 Å². The predicted octanol–water partition coefficient (Wildman–Crippen LogP) is 4.29. The molecule has 0 atom stereocenters. The molecule has 1 N–H and O–H groups in total. The maximum atomic E-state index is 12.4. The van der Waals surface area contributed by atoms with Crippen LogP contribution < -0.4 is 10.3 Å². The van der Waals surface area contributed by atoms with Crippen molar-refractivity contribution < 1.29 is 4.74 Å². The first-order valence-electron chi connectivity index (χ1n) is 8.10. The molecule has 0 saturated carbocycles. The summed E-state index contributed by atoms with van der Waals surface area (Å²) in [5.41, 5.74) is 3.84. The first-order valence-corrected chi connectivity index (χ1v) is 8.10. The second kappa shape index (κ2) is 7.06. The molecular weight excluding hydrogens is 312 g/mol. The lowest BCUT2D eigenvalue weighted by Gasteiger charge is -2.09. The average molecular weight is 330 g/mol. The van der Waals surface area contributed by atoms with Gasteiger partial charge in [-0.3, -0.25) is 4.79 Å². The van der Waals surface area contributed by atoms with Gasteiger partial charge in [-0.2, -0.15) is 5.26 Å². The molecule has 0 aliphatic heterocycles. The van der Waals surface area contributed by atoms with E-state index in [1.54, 1.807) is 0 Å². The molecule has 4 heteroatoms. The Morgan fingerprint density at radius 1 is 1.08 bits per heavy atom. The number of ether oxygens (including phenoxy) is 1. The number of H-pyrrole nitrogens is 1.